The normalized spacial score (nSPS) is 11.4. The van der Waals surface area contributed by atoms with Crippen LogP contribution in [0.25, 0.3) is 0 Å². The van der Waals surface area contributed by atoms with E-state index in [2.05, 4.69) is 26.0 Å². The third-order valence-electron chi connectivity index (χ3n) is 2.44. The molecule has 2 aromatic rings. The van der Waals surface area contributed by atoms with Crippen LogP contribution in [0.5, 0.6) is 5.75 Å². The molecule has 0 radical (unpaired) electrons. The molecule has 0 saturated carbocycles. The number of hydrogen-bond donors (Lipinski definition) is 1. The largest absolute Gasteiger partial charge is 0.573 e. The highest BCUT2D eigenvalue weighted by atomic mass is 79.9. The van der Waals surface area contributed by atoms with Gasteiger partial charge in [0, 0.05) is 17.1 Å². The van der Waals surface area contributed by atoms with Crippen LogP contribution in [-0.4, -0.2) is 12.9 Å². The van der Waals surface area contributed by atoms with E-state index in [0.29, 0.717) is 6.54 Å². The van der Waals surface area contributed by atoms with Crippen LogP contribution in [-0.2, 0) is 6.42 Å². The maximum absolute atomic E-state index is 12.1. The number of benzene rings is 1. The van der Waals surface area contributed by atoms with Gasteiger partial charge < -0.3 is 10.1 Å². The number of halogens is 4. The van der Waals surface area contributed by atoms with E-state index in [1.807, 2.05) is 17.5 Å². The van der Waals surface area contributed by atoms with Gasteiger partial charge in [-0.05, 0) is 52.0 Å². The first kappa shape index (κ1) is 15.2. The molecule has 0 bridgehead atoms. The molecule has 1 heterocycles. The van der Waals surface area contributed by atoms with E-state index in [1.165, 1.54) is 10.9 Å². The fraction of sp³-hybridized carbons (Fsp3) is 0.231. The van der Waals surface area contributed by atoms with Crippen LogP contribution in [0.15, 0.2) is 40.2 Å². The maximum atomic E-state index is 12.1. The fourth-order valence-electron chi connectivity index (χ4n) is 1.60. The number of alkyl halides is 3. The zero-order chi connectivity index (χ0) is 14.6. The molecule has 0 aliphatic heterocycles. The van der Waals surface area contributed by atoms with Gasteiger partial charge in [-0.1, -0.05) is 6.07 Å². The molecule has 1 aromatic carbocycles. The van der Waals surface area contributed by atoms with Gasteiger partial charge >= 0.3 is 6.36 Å². The predicted molar refractivity (Wildman–Crippen MR) is 77.3 cm³/mol. The number of anilines is 1. The standard InChI is InChI=1S/C13H11BrF3NOS/c14-11-8-9(3-4-12(11)19-13(15,16)17)18-6-5-10-2-1-7-20-10/h1-4,7-8,18H,5-6H2. The van der Waals surface area contributed by atoms with Crippen LogP contribution in [0.3, 0.4) is 0 Å². The summed E-state index contributed by atoms with van der Waals surface area (Å²) in [5.74, 6) is -0.249. The zero-order valence-corrected chi connectivity index (χ0v) is 12.6. The monoisotopic (exact) mass is 365 g/mol. The third-order valence-corrected chi connectivity index (χ3v) is 3.99. The molecular formula is C13H11BrF3NOS. The van der Waals surface area contributed by atoms with Crippen molar-refractivity contribution < 1.29 is 17.9 Å². The number of hydrogen-bond acceptors (Lipinski definition) is 3. The van der Waals surface area contributed by atoms with Gasteiger partial charge in [0.15, 0.2) is 0 Å². The highest BCUT2D eigenvalue weighted by Crippen LogP contribution is 2.32. The van der Waals surface area contributed by atoms with Crippen LogP contribution < -0.4 is 10.1 Å². The molecule has 0 unspecified atom stereocenters. The van der Waals surface area contributed by atoms with Crippen molar-refractivity contribution in [3.05, 3.63) is 45.1 Å². The number of thiophene rings is 1. The second-order valence-electron chi connectivity index (χ2n) is 3.95. The molecule has 1 aromatic heterocycles. The Hall–Kier alpha value is -1.21. The Bertz CT molecular complexity index is 557. The Kier molecular flexibility index (Phi) is 4.93. The quantitative estimate of drug-likeness (QED) is 0.798. The van der Waals surface area contributed by atoms with E-state index < -0.39 is 6.36 Å². The molecular weight excluding hydrogens is 355 g/mol. The van der Waals surface area contributed by atoms with Gasteiger partial charge in [0.1, 0.15) is 5.75 Å². The van der Waals surface area contributed by atoms with E-state index in [0.717, 1.165) is 12.1 Å². The maximum Gasteiger partial charge on any atom is 0.573 e. The molecule has 0 amide bonds. The first-order valence-corrected chi connectivity index (χ1v) is 7.43. The fourth-order valence-corrected chi connectivity index (χ4v) is 2.77. The van der Waals surface area contributed by atoms with Crippen LogP contribution in [0, 0.1) is 0 Å². The molecule has 2 rings (SSSR count). The smallest absolute Gasteiger partial charge is 0.405 e. The van der Waals surface area contributed by atoms with Crippen molar-refractivity contribution in [2.75, 3.05) is 11.9 Å². The molecule has 108 valence electrons. The third kappa shape index (κ3) is 4.72. The van der Waals surface area contributed by atoms with Gasteiger partial charge in [-0.2, -0.15) is 0 Å². The summed E-state index contributed by atoms with van der Waals surface area (Å²) >= 11 is 4.74. The summed E-state index contributed by atoms with van der Waals surface area (Å²) in [5.41, 5.74) is 0.739. The first-order chi connectivity index (χ1) is 9.44. The van der Waals surface area contributed by atoms with E-state index in [-0.39, 0.29) is 10.2 Å². The number of ether oxygens (including phenoxy) is 1. The second kappa shape index (κ2) is 6.49. The van der Waals surface area contributed by atoms with Gasteiger partial charge in [0.2, 0.25) is 0 Å². The lowest BCUT2D eigenvalue weighted by atomic mass is 10.3. The summed E-state index contributed by atoms with van der Waals surface area (Å²) in [6.45, 7) is 0.715. The van der Waals surface area contributed by atoms with E-state index in [4.69, 9.17) is 0 Å². The topological polar surface area (TPSA) is 21.3 Å². The highest BCUT2D eigenvalue weighted by molar-refractivity contribution is 9.10. The molecule has 0 fully saturated rings. The Labute approximate surface area is 126 Å². The summed E-state index contributed by atoms with van der Waals surface area (Å²) in [4.78, 5) is 1.26. The summed E-state index contributed by atoms with van der Waals surface area (Å²) < 4.78 is 40.5. The van der Waals surface area contributed by atoms with Crippen molar-refractivity contribution in [1.82, 2.24) is 0 Å². The molecule has 2 nitrogen and oxygen atoms in total. The summed E-state index contributed by atoms with van der Waals surface area (Å²) in [5, 5.41) is 5.16. The average molecular weight is 366 g/mol. The van der Waals surface area contributed by atoms with Crippen molar-refractivity contribution in [2.24, 2.45) is 0 Å². The molecule has 7 heteroatoms. The zero-order valence-electron chi connectivity index (χ0n) is 10.2. The van der Waals surface area contributed by atoms with Crippen LogP contribution >= 0.6 is 27.3 Å². The van der Waals surface area contributed by atoms with Crippen LogP contribution in [0.4, 0.5) is 18.9 Å². The van der Waals surface area contributed by atoms with Gasteiger partial charge in [0.05, 0.1) is 4.47 Å². The van der Waals surface area contributed by atoms with Crippen molar-refractivity contribution >= 4 is 33.0 Å². The van der Waals surface area contributed by atoms with Crippen molar-refractivity contribution in [3.63, 3.8) is 0 Å². The van der Waals surface area contributed by atoms with Gasteiger partial charge in [-0.3, -0.25) is 0 Å². The molecule has 0 saturated heterocycles. The van der Waals surface area contributed by atoms with Crippen LogP contribution in [0.2, 0.25) is 0 Å². The SMILES string of the molecule is FC(F)(F)Oc1ccc(NCCc2cccs2)cc1Br. The lowest BCUT2D eigenvalue weighted by Crippen LogP contribution is -2.17. The minimum atomic E-state index is -4.68. The summed E-state index contributed by atoms with van der Waals surface area (Å²) in [7, 11) is 0. The Morgan fingerprint density at radius 1 is 1.25 bits per heavy atom. The van der Waals surface area contributed by atoms with Crippen molar-refractivity contribution in [2.45, 2.75) is 12.8 Å². The lowest BCUT2D eigenvalue weighted by molar-refractivity contribution is -0.274. The summed E-state index contributed by atoms with van der Waals surface area (Å²) in [6, 6.07) is 8.43. The lowest BCUT2D eigenvalue weighted by Gasteiger charge is -2.12. The van der Waals surface area contributed by atoms with Gasteiger partial charge in [-0.25, -0.2) is 0 Å². The molecule has 1 N–H and O–H groups in total. The number of rotatable bonds is 5. The number of nitrogens with one attached hydrogen (secondary N) is 1. The minimum Gasteiger partial charge on any atom is -0.405 e. The summed E-state index contributed by atoms with van der Waals surface area (Å²) in [6.07, 6.45) is -3.81. The van der Waals surface area contributed by atoms with E-state index in [9.17, 15) is 13.2 Å². The predicted octanol–water partition coefficient (Wildman–Crippen LogP) is 5.06. The highest BCUT2D eigenvalue weighted by Gasteiger charge is 2.31. The minimum absolute atomic E-state index is 0.249. The molecule has 0 aliphatic rings. The van der Waals surface area contributed by atoms with E-state index in [1.54, 1.807) is 23.5 Å². The molecule has 0 spiro atoms. The van der Waals surface area contributed by atoms with Crippen molar-refractivity contribution in [3.8, 4) is 5.75 Å². The van der Waals surface area contributed by atoms with E-state index >= 15 is 0 Å². The van der Waals surface area contributed by atoms with Crippen LogP contribution in [0.1, 0.15) is 4.88 Å². The Balaban J connectivity index is 1.91. The van der Waals surface area contributed by atoms with Crippen molar-refractivity contribution in [1.29, 1.82) is 0 Å². The van der Waals surface area contributed by atoms with Gasteiger partial charge in [0.25, 0.3) is 0 Å². The Morgan fingerprint density at radius 2 is 2.05 bits per heavy atom. The molecule has 20 heavy (non-hydrogen) atoms. The molecule has 0 atom stereocenters. The van der Waals surface area contributed by atoms with Gasteiger partial charge in [-0.15, -0.1) is 24.5 Å². The average Bonchev–Trinajstić information content (AvgIpc) is 2.84. The second-order valence-corrected chi connectivity index (χ2v) is 5.84. The Morgan fingerprint density at radius 3 is 2.65 bits per heavy atom. The first-order valence-electron chi connectivity index (χ1n) is 5.75. The molecule has 0 aliphatic carbocycles.